The van der Waals surface area contributed by atoms with Crippen molar-refractivity contribution in [3.05, 3.63) is 0 Å². The van der Waals surface area contributed by atoms with Gasteiger partial charge in [-0.05, 0) is 19.8 Å². The summed E-state index contributed by atoms with van der Waals surface area (Å²) in [5.41, 5.74) is 0. The largest absolute Gasteiger partial charge is 0.394 e. The molecule has 0 bridgehead atoms. The summed E-state index contributed by atoms with van der Waals surface area (Å²) in [6.45, 7) is 1.51. The molecule has 0 radical (unpaired) electrons. The van der Waals surface area contributed by atoms with E-state index < -0.39 is 18.8 Å². The van der Waals surface area contributed by atoms with Crippen LogP contribution in [0.4, 0.5) is 0 Å². The van der Waals surface area contributed by atoms with Crippen molar-refractivity contribution >= 4 is 0 Å². The number of rotatable bonds is 3. The lowest BCUT2D eigenvalue weighted by atomic mass is 10.1. The molecule has 1 saturated heterocycles. The van der Waals surface area contributed by atoms with E-state index in [4.69, 9.17) is 14.9 Å². The predicted octanol–water partition coefficient (Wildman–Crippen LogP) is -0.732. The molecule has 0 spiro atoms. The van der Waals surface area contributed by atoms with Gasteiger partial charge in [0.1, 0.15) is 12.2 Å². The molecule has 1 aliphatic rings. The second kappa shape index (κ2) is 4.18. The van der Waals surface area contributed by atoms with E-state index in [0.29, 0.717) is 0 Å². The quantitative estimate of drug-likeness (QED) is 0.530. The molecule has 1 heterocycles. The summed E-state index contributed by atoms with van der Waals surface area (Å²) in [7, 11) is 0. The van der Waals surface area contributed by atoms with Crippen molar-refractivity contribution in [1.82, 2.24) is 0 Å². The fourth-order valence-corrected chi connectivity index (χ4v) is 1.44. The molecule has 12 heavy (non-hydrogen) atoms. The van der Waals surface area contributed by atoms with Crippen LogP contribution < -0.4 is 0 Å². The summed E-state index contributed by atoms with van der Waals surface area (Å²) in [6.07, 6.45) is -0.558. The van der Waals surface area contributed by atoms with E-state index in [1.165, 1.54) is 0 Å². The highest BCUT2D eigenvalue weighted by atomic mass is 16.5. The van der Waals surface area contributed by atoms with E-state index in [2.05, 4.69) is 0 Å². The van der Waals surface area contributed by atoms with E-state index in [1.54, 1.807) is 0 Å². The first-order chi connectivity index (χ1) is 5.65. The van der Waals surface area contributed by atoms with Crippen molar-refractivity contribution in [2.75, 3.05) is 6.61 Å². The second-order valence-corrected chi connectivity index (χ2v) is 3.30. The molecule has 72 valence electrons. The standard InChI is InChI=1S/C8H16O4/c1-5-2-3-7(12-5)8(11)6(10)4-9/h5-11H,2-4H2,1H3/t5?,6-,7+,8+/m0/s1. The van der Waals surface area contributed by atoms with E-state index in [9.17, 15) is 5.11 Å². The molecule has 1 aliphatic heterocycles. The predicted molar refractivity (Wildman–Crippen MR) is 42.7 cm³/mol. The van der Waals surface area contributed by atoms with Crippen LogP contribution in [-0.2, 0) is 4.74 Å². The lowest BCUT2D eigenvalue weighted by Gasteiger charge is -2.21. The first-order valence-electron chi connectivity index (χ1n) is 4.27. The van der Waals surface area contributed by atoms with Crippen LogP contribution in [0.25, 0.3) is 0 Å². The molecule has 4 atom stereocenters. The molecule has 3 N–H and O–H groups in total. The van der Waals surface area contributed by atoms with Gasteiger partial charge in [0.25, 0.3) is 0 Å². The maximum atomic E-state index is 9.40. The van der Waals surface area contributed by atoms with Crippen molar-refractivity contribution in [2.24, 2.45) is 0 Å². The van der Waals surface area contributed by atoms with Crippen LogP contribution in [0.2, 0.25) is 0 Å². The Bertz CT molecular complexity index is 139. The fourth-order valence-electron chi connectivity index (χ4n) is 1.44. The van der Waals surface area contributed by atoms with E-state index >= 15 is 0 Å². The molecular formula is C8H16O4. The number of aliphatic hydroxyl groups excluding tert-OH is 3. The van der Waals surface area contributed by atoms with E-state index in [0.717, 1.165) is 12.8 Å². The normalized spacial score (nSPS) is 35.0. The van der Waals surface area contributed by atoms with Gasteiger partial charge >= 0.3 is 0 Å². The van der Waals surface area contributed by atoms with Gasteiger partial charge in [0.15, 0.2) is 0 Å². The highest BCUT2D eigenvalue weighted by Crippen LogP contribution is 2.22. The molecule has 0 saturated carbocycles. The number of ether oxygens (including phenoxy) is 1. The first kappa shape index (κ1) is 9.92. The Labute approximate surface area is 71.8 Å². The number of hydrogen-bond donors (Lipinski definition) is 3. The lowest BCUT2D eigenvalue weighted by Crippen LogP contribution is -2.39. The highest BCUT2D eigenvalue weighted by molar-refractivity contribution is 4.81. The maximum absolute atomic E-state index is 9.40. The summed E-state index contributed by atoms with van der Waals surface area (Å²) in [4.78, 5) is 0. The number of hydrogen-bond acceptors (Lipinski definition) is 4. The van der Waals surface area contributed by atoms with Crippen molar-refractivity contribution in [3.63, 3.8) is 0 Å². The zero-order chi connectivity index (χ0) is 9.14. The van der Waals surface area contributed by atoms with Crippen LogP contribution in [0.3, 0.4) is 0 Å². The second-order valence-electron chi connectivity index (χ2n) is 3.30. The topological polar surface area (TPSA) is 69.9 Å². The fraction of sp³-hybridized carbons (Fsp3) is 1.00. The van der Waals surface area contributed by atoms with Crippen LogP contribution in [0.5, 0.6) is 0 Å². The molecule has 0 aromatic rings. The molecule has 4 nitrogen and oxygen atoms in total. The van der Waals surface area contributed by atoms with Crippen molar-refractivity contribution < 1.29 is 20.1 Å². The first-order valence-corrected chi connectivity index (χ1v) is 4.27. The summed E-state index contributed by atoms with van der Waals surface area (Å²) in [5, 5.41) is 27.1. The summed E-state index contributed by atoms with van der Waals surface area (Å²) >= 11 is 0. The molecule has 1 rings (SSSR count). The van der Waals surface area contributed by atoms with Crippen LogP contribution in [0.1, 0.15) is 19.8 Å². The summed E-state index contributed by atoms with van der Waals surface area (Å²) < 4.78 is 5.32. The monoisotopic (exact) mass is 176 g/mol. The molecule has 0 amide bonds. The zero-order valence-electron chi connectivity index (χ0n) is 7.18. The Morgan fingerprint density at radius 3 is 2.50 bits per heavy atom. The Morgan fingerprint density at radius 1 is 1.42 bits per heavy atom. The number of aliphatic hydroxyl groups is 3. The molecule has 0 aromatic heterocycles. The SMILES string of the molecule is CC1CC[C@H]([C@H](O)[C@@H](O)CO)O1. The Kier molecular flexibility index (Phi) is 3.46. The minimum Gasteiger partial charge on any atom is -0.394 e. The van der Waals surface area contributed by atoms with Gasteiger partial charge in [-0.25, -0.2) is 0 Å². The van der Waals surface area contributed by atoms with Gasteiger partial charge in [0.05, 0.1) is 18.8 Å². The molecule has 1 unspecified atom stereocenters. The van der Waals surface area contributed by atoms with Crippen LogP contribution >= 0.6 is 0 Å². The summed E-state index contributed by atoms with van der Waals surface area (Å²) in [6, 6.07) is 0. The van der Waals surface area contributed by atoms with E-state index in [-0.39, 0.29) is 12.2 Å². The minimum atomic E-state index is -1.08. The third-order valence-electron chi connectivity index (χ3n) is 2.23. The van der Waals surface area contributed by atoms with Gasteiger partial charge in [0, 0.05) is 0 Å². The van der Waals surface area contributed by atoms with E-state index in [1.807, 2.05) is 6.92 Å². The summed E-state index contributed by atoms with van der Waals surface area (Å²) in [5.74, 6) is 0. The third-order valence-corrected chi connectivity index (χ3v) is 2.23. The molecule has 4 heteroatoms. The highest BCUT2D eigenvalue weighted by Gasteiger charge is 2.32. The average Bonchev–Trinajstić information content (AvgIpc) is 2.49. The Morgan fingerprint density at radius 2 is 2.08 bits per heavy atom. The van der Waals surface area contributed by atoms with Crippen molar-refractivity contribution in [3.8, 4) is 0 Å². The smallest absolute Gasteiger partial charge is 0.108 e. The van der Waals surface area contributed by atoms with Gasteiger partial charge in [-0.3, -0.25) is 0 Å². The third kappa shape index (κ3) is 2.17. The van der Waals surface area contributed by atoms with Crippen molar-refractivity contribution in [2.45, 2.75) is 44.2 Å². The molecular weight excluding hydrogens is 160 g/mol. The molecule has 0 aromatic carbocycles. The van der Waals surface area contributed by atoms with Gasteiger partial charge in [-0.15, -0.1) is 0 Å². The Hall–Kier alpha value is -0.160. The van der Waals surface area contributed by atoms with Gasteiger partial charge < -0.3 is 20.1 Å². The van der Waals surface area contributed by atoms with Crippen LogP contribution in [-0.4, -0.2) is 46.3 Å². The van der Waals surface area contributed by atoms with Gasteiger partial charge in [-0.2, -0.15) is 0 Å². The minimum absolute atomic E-state index is 0.149. The van der Waals surface area contributed by atoms with Crippen LogP contribution in [0, 0.1) is 0 Å². The Balaban J connectivity index is 2.37. The average molecular weight is 176 g/mol. The maximum Gasteiger partial charge on any atom is 0.108 e. The van der Waals surface area contributed by atoms with Gasteiger partial charge in [0.2, 0.25) is 0 Å². The molecule has 0 aliphatic carbocycles. The van der Waals surface area contributed by atoms with Crippen LogP contribution in [0.15, 0.2) is 0 Å². The zero-order valence-corrected chi connectivity index (χ0v) is 7.18. The van der Waals surface area contributed by atoms with Crippen molar-refractivity contribution in [1.29, 1.82) is 0 Å². The lowest BCUT2D eigenvalue weighted by molar-refractivity contribution is -0.0946. The van der Waals surface area contributed by atoms with Gasteiger partial charge in [-0.1, -0.05) is 0 Å². The molecule has 1 fully saturated rings.